The van der Waals surface area contributed by atoms with Gasteiger partial charge < -0.3 is 15.5 Å². The molecule has 0 aromatic carbocycles. The number of rotatable bonds is 2. The summed E-state index contributed by atoms with van der Waals surface area (Å²) in [5.74, 6) is 1.14. The lowest BCUT2D eigenvalue weighted by Crippen LogP contribution is -2.49. The predicted molar refractivity (Wildman–Crippen MR) is 87.3 cm³/mol. The van der Waals surface area contributed by atoms with E-state index in [1.54, 1.807) is 19.4 Å². The fraction of sp³-hybridized carbons (Fsp3) is 0.467. The topological polar surface area (TPSA) is 66.9 Å². The number of imidazole rings is 1. The van der Waals surface area contributed by atoms with Crippen molar-refractivity contribution in [1.29, 1.82) is 0 Å². The molecule has 6 nitrogen and oxygen atoms in total. The van der Waals surface area contributed by atoms with Crippen LogP contribution in [0.1, 0.15) is 25.5 Å². The average molecular weight is 322 g/mol. The third-order valence-electron chi connectivity index (χ3n) is 4.17. The Morgan fingerprint density at radius 2 is 2.05 bits per heavy atom. The molecule has 1 fully saturated rings. The Balaban J connectivity index is 2.03. The van der Waals surface area contributed by atoms with Gasteiger partial charge in [-0.1, -0.05) is 11.6 Å². The third kappa shape index (κ3) is 2.53. The van der Waals surface area contributed by atoms with Crippen molar-refractivity contribution >= 4 is 28.8 Å². The number of anilines is 1. The molecular weight excluding hydrogens is 302 g/mol. The summed E-state index contributed by atoms with van der Waals surface area (Å²) < 4.78 is 1.99. The van der Waals surface area contributed by atoms with E-state index in [0.29, 0.717) is 18.1 Å². The van der Waals surface area contributed by atoms with Gasteiger partial charge >= 0.3 is 0 Å². The van der Waals surface area contributed by atoms with Gasteiger partial charge in [-0.05, 0) is 13.0 Å². The quantitative estimate of drug-likeness (QED) is 0.914. The largest absolute Gasteiger partial charge is 0.354 e. The van der Waals surface area contributed by atoms with Gasteiger partial charge in [0.15, 0.2) is 0 Å². The van der Waals surface area contributed by atoms with Crippen molar-refractivity contribution in [2.75, 3.05) is 31.1 Å². The zero-order chi connectivity index (χ0) is 15.9. The molecule has 0 spiro atoms. The van der Waals surface area contributed by atoms with Crippen molar-refractivity contribution in [2.45, 2.75) is 19.9 Å². The number of fused-ring (bicyclic) bond motifs is 1. The summed E-state index contributed by atoms with van der Waals surface area (Å²) in [5, 5.41) is 0.649. The van der Waals surface area contributed by atoms with Crippen molar-refractivity contribution < 1.29 is 4.79 Å². The number of amides is 1. The molecule has 2 aromatic heterocycles. The highest BCUT2D eigenvalue weighted by molar-refractivity contribution is 6.34. The number of nitrogens with two attached hydrogens (primary N) is 1. The van der Waals surface area contributed by atoms with Crippen LogP contribution in [0.5, 0.6) is 0 Å². The summed E-state index contributed by atoms with van der Waals surface area (Å²) >= 11 is 6.34. The Morgan fingerprint density at radius 3 is 2.64 bits per heavy atom. The van der Waals surface area contributed by atoms with Gasteiger partial charge in [0.25, 0.3) is 0 Å². The van der Waals surface area contributed by atoms with E-state index in [1.807, 2.05) is 22.3 Å². The maximum atomic E-state index is 11.5. The number of halogens is 1. The van der Waals surface area contributed by atoms with Crippen LogP contribution in [-0.2, 0) is 4.79 Å². The molecule has 3 rings (SSSR count). The van der Waals surface area contributed by atoms with Crippen LogP contribution in [0.15, 0.2) is 18.6 Å². The molecule has 7 heteroatoms. The van der Waals surface area contributed by atoms with E-state index in [0.717, 1.165) is 30.0 Å². The molecule has 22 heavy (non-hydrogen) atoms. The molecule has 1 aliphatic rings. The van der Waals surface area contributed by atoms with Crippen molar-refractivity contribution in [3.8, 4) is 0 Å². The summed E-state index contributed by atoms with van der Waals surface area (Å²) in [7, 11) is 0. The number of carbonyl (C=O) groups excluding carboxylic acids is 1. The highest BCUT2D eigenvalue weighted by Gasteiger charge is 2.24. The zero-order valence-corrected chi connectivity index (χ0v) is 13.5. The van der Waals surface area contributed by atoms with Crippen LogP contribution in [0.4, 0.5) is 5.82 Å². The number of hydrogen-bond acceptors (Lipinski definition) is 4. The summed E-state index contributed by atoms with van der Waals surface area (Å²) in [6.45, 7) is 6.53. The average Bonchev–Trinajstić information content (AvgIpc) is 2.97. The van der Waals surface area contributed by atoms with E-state index < -0.39 is 0 Å². The van der Waals surface area contributed by atoms with Crippen LogP contribution >= 0.6 is 11.6 Å². The highest BCUT2D eigenvalue weighted by Crippen LogP contribution is 2.32. The molecule has 2 N–H and O–H groups in total. The smallest absolute Gasteiger partial charge is 0.219 e. The molecule has 2 aromatic rings. The van der Waals surface area contributed by atoms with E-state index in [2.05, 4.69) is 9.88 Å². The third-order valence-corrected chi connectivity index (χ3v) is 4.47. The summed E-state index contributed by atoms with van der Waals surface area (Å²) in [4.78, 5) is 19.8. The number of aromatic nitrogens is 2. The van der Waals surface area contributed by atoms with Crippen molar-refractivity contribution in [2.24, 2.45) is 5.73 Å². The minimum absolute atomic E-state index is 0.121. The van der Waals surface area contributed by atoms with Crippen LogP contribution in [0.2, 0.25) is 5.02 Å². The van der Waals surface area contributed by atoms with Gasteiger partial charge in [0.05, 0.1) is 16.7 Å². The lowest BCUT2D eigenvalue weighted by atomic mass is 10.1. The summed E-state index contributed by atoms with van der Waals surface area (Å²) in [5.41, 5.74) is 8.00. The fourth-order valence-electron chi connectivity index (χ4n) is 2.96. The van der Waals surface area contributed by atoms with Gasteiger partial charge in [0.1, 0.15) is 12.1 Å². The first-order valence-electron chi connectivity index (χ1n) is 7.39. The molecule has 0 aliphatic carbocycles. The lowest BCUT2D eigenvalue weighted by molar-refractivity contribution is -0.129. The molecule has 1 unspecified atom stereocenters. The molecule has 3 heterocycles. The first kappa shape index (κ1) is 15.1. The van der Waals surface area contributed by atoms with E-state index in [4.69, 9.17) is 17.3 Å². The standard InChI is InChI=1S/C15H20ClN5O/c1-10(17)12-7-13(16)14-8-18-9-21(14)15(12)20-5-3-19(4-6-20)11(2)22/h7-10H,3-6,17H2,1-2H3. The molecular formula is C15H20ClN5O. The van der Waals surface area contributed by atoms with Gasteiger partial charge in [0.2, 0.25) is 5.91 Å². The summed E-state index contributed by atoms with van der Waals surface area (Å²) in [6, 6.07) is 1.79. The van der Waals surface area contributed by atoms with Gasteiger partial charge in [-0.2, -0.15) is 0 Å². The zero-order valence-electron chi connectivity index (χ0n) is 12.8. The molecule has 1 aliphatic heterocycles. The Kier molecular flexibility index (Phi) is 3.97. The number of hydrogen-bond donors (Lipinski definition) is 1. The Labute approximate surface area is 134 Å². The van der Waals surface area contributed by atoms with Crippen molar-refractivity contribution in [1.82, 2.24) is 14.3 Å². The monoisotopic (exact) mass is 321 g/mol. The second-order valence-electron chi connectivity index (χ2n) is 5.70. The summed E-state index contributed by atoms with van der Waals surface area (Å²) in [6.07, 6.45) is 3.52. The predicted octanol–water partition coefficient (Wildman–Crippen LogP) is 1.68. The van der Waals surface area contributed by atoms with Gasteiger partial charge in [-0.15, -0.1) is 0 Å². The molecule has 1 amide bonds. The van der Waals surface area contributed by atoms with Gasteiger partial charge in [0, 0.05) is 44.7 Å². The fourth-order valence-corrected chi connectivity index (χ4v) is 3.22. The molecule has 0 bridgehead atoms. The number of pyridine rings is 1. The number of piperazine rings is 1. The van der Waals surface area contributed by atoms with Crippen LogP contribution in [0.25, 0.3) is 5.52 Å². The second-order valence-corrected chi connectivity index (χ2v) is 6.11. The normalized spacial score (nSPS) is 17.1. The highest BCUT2D eigenvalue weighted by atomic mass is 35.5. The van der Waals surface area contributed by atoms with Crippen LogP contribution < -0.4 is 10.6 Å². The second kappa shape index (κ2) is 5.78. The van der Waals surface area contributed by atoms with E-state index in [-0.39, 0.29) is 11.9 Å². The Bertz CT molecular complexity index is 703. The minimum atomic E-state index is -0.134. The first-order chi connectivity index (χ1) is 10.5. The van der Waals surface area contributed by atoms with Crippen LogP contribution in [-0.4, -0.2) is 46.4 Å². The molecule has 1 atom stereocenters. The molecule has 1 saturated heterocycles. The number of nitrogens with zero attached hydrogens (tertiary/aromatic N) is 4. The lowest BCUT2D eigenvalue weighted by Gasteiger charge is -2.37. The Morgan fingerprint density at radius 1 is 1.36 bits per heavy atom. The maximum absolute atomic E-state index is 11.5. The molecule has 0 saturated carbocycles. The molecule has 118 valence electrons. The van der Waals surface area contributed by atoms with Gasteiger partial charge in [-0.25, -0.2) is 4.98 Å². The van der Waals surface area contributed by atoms with Crippen LogP contribution in [0, 0.1) is 0 Å². The molecule has 0 radical (unpaired) electrons. The van der Waals surface area contributed by atoms with Crippen LogP contribution in [0.3, 0.4) is 0 Å². The van der Waals surface area contributed by atoms with E-state index >= 15 is 0 Å². The Hall–Kier alpha value is -1.79. The van der Waals surface area contributed by atoms with E-state index in [1.165, 1.54) is 0 Å². The first-order valence-corrected chi connectivity index (χ1v) is 7.77. The number of carbonyl (C=O) groups is 1. The van der Waals surface area contributed by atoms with E-state index in [9.17, 15) is 4.79 Å². The SMILES string of the molecule is CC(=O)N1CCN(c2c(C(C)N)cc(Cl)c3cncn23)CC1. The minimum Gasteiger partial charge on any atom is -0.354 e. The van der Waals surface area contributed by atoms with Gasteiger partial charge in [-0.3, -0.25) is 9.20 Å². The van der Waals surface area contributed by atoms with Crippen molar-refractivity contribution in [3.05, 3.63) is 29.2 Å². The van der Waals surface area contributed by atoms with Crippen molar-refractivity contribution in [3.63, 3.8) is 0 Å². The maximum Gasteiger partial charge on any atom is 0.219 e.